The van der Waals surface area contributed by atoms with E-state index in [0.717, 1.165) is 13.0 Å². The van der Waals surface area contributed by atoms with Crippen molar-refractivity contribution in [1.82, 2.24) is 0 Å². The minimum Gasteiger partial charge on any atom is -0.497 e. The van der Waals surface area contributed by atoms with Gasteiger partial charge in [-0.05, 0) is 35.5 Å². The molecule has 74 valence electrons. The van der Waals surface area contributed by atoms with Crippen LogP contribution < -0.4 is 0 Å². The summed E-state index contributed by atoms with van der Waals surface area (Å²) in [5.41, 5.74) is 2.86. The van der Waals surface area contributed by atoms with Gasteiger partial charge >= 0.3 is 0 Å². The van der Waals surface area contributed by atoms with Crippen molar-refractivity contribution in [2.75, 3.05) is 6.61 Å². The Bertz CT molecular complexity index is 221. The number of hydrogen-bond donors (Lipinski definition) is 0. The zero-order chi connectivity index (χ0) is 9.84. The van der Waals surface area contributed by atoms with Crippen molar-refractivity contribution in [2.24, 2.45) is 11.8 Å². The molecule has 0 radical (unpaired) electrons. The molecule has 1 heterocycles. The average Bonchev–Trinajstić information content (AvgIpc) is 2.03. The molecule has 13 heavy (non-hydrogen) atoms. The summed E-state index contributed by atoms with van der Waals surface area (Å²) in [6.45, 7) is 9.71. The molecule has 1 heteroatoms. The van der Waals surface area contributed by atoms with Gasteiger partial charge in [0, 0.05) is 0 Å². The van der Waals surface area contributed by atoms with Crippen LogP contribution in [-0.2, 0) is 4.74 Å². The van der Waals surface area contributed by atoms with E-state index in [0.29, 0.717) is 11.8 Å². The molecule has 0 aromatic carbocycles. The Morgan fingerprint density at radius 1 is 1.31 bits per heavy atom. The second-order valence-corrected chi connectivity index (χ2v) is 4.39. The summed E-state index contributed by atoms with van der Waals surface area (Å²) in [5, 5.41) is 0. The van der Waals surface area contributed by atoms with Gasteiger partial charge in [-0.25, -0.2) is 0 Å². The Hall–Kier alpha value is -0.720. The molecular weight excluding hydrogens is 160 g/mol. The summed E-state index contributed by atoms with van der Waals surface area (Å²) in [7, 11) is 0. The van der Waals surface area contributed by atoms with E-state index in [4.69, 9.17) is 4.74 Å². The number of ether oxygens (including phenoxy) is 1. The van der Waals surface area contributed by atoms with E-state index in [1.54, 1.807) is 0 Å². The van der Waals surface area contributed by atoms with Crippen LogP contribution >= 0.6 is 0 Å². The molecule has 1 aliphatic rings. The van der Waals surface area contributed by atoms with Gasteiger partial charge in [-0.15, -0.1) is 0 Å². The molecular formula is C12H20O. The van der Waals surface area contributed by atoms with Crippen LogP contribution in [0.5, 0.6) is 0 Å². The van der Waals surface area contributed by atoms with Crippen LogP contribution in [0.2, 0.25) is 0 Å². The van der Waals surface area contributed by atoms with Gasteiger partial charge < -0.3 is 4.74 Å². The molecule has 1 nitrogen and oxygen atoms in total. The first-order valence-electron chi connectivity index (χ1n) is 5.12. The monoisotopic (exact) mass is 180 g/mol. The maximum absolute atomic E-state index is 5.32. The second kappa shape index (κ2) is 4.50. The standard InChI is InChI=1S/C12H20O/c1-9(2)7-11-8-13-6-5-12(11)10(3)4/h5,8-10H,6-7H2,1-4H3. The fourth-order valence-corrected chi connectivity index (χ4v) is 1.70. The summed E-state index contributed by atoms with van der Waals surface area (Å²) in [4.78, 5) is 0. The smallest absolute Gasteiger partial charge is 0.106 e. The summed E-state index contributed by atoms with van der Waals surface area (Å²) < 4.78 is 5.32. The van der Waals surface area contributed by atoms with Crippen LogP contribution in [0.15, 0.2) is 23.5 Å². The van der Waals surface area contributed by atoms with Crippen molar-refractivity contribution >= 4 is 0 Å². The van der Waals surface area contributed by atoms with Gasteiger partial charge in [0.05, 0.1) is 6.26 Å². The Balaban J connectivity index is 2.70. The van der Waals surface area contributed by atoms with Crippen LogP contribution in [0, 0.1) is 11.8 Å². The Labute approximate surface area is 81.5 Å². The van der Waals surface area contributed by atoms with Crippen LogP contribution in [0.25, 0.3) is 0 Å². The molecule has 0 unspecified atom stereocenters. The Morgan fingerprint density at radius 3 is 2.54 bits per heavy atom. The first kappa shape index (κ1) is 10.4. The molecule has 0 aromatic rings. The molecule has 1 rings (SSSR count). The molecule has 0 N–H and O–H groups in total. The molecule has 0 fully saturated rings. The van der Waals surface area contributed by atoms with Crippen molar-refractivity contribution in [2.45, 2.75) is 34.1 Å². The molecule has 0 aliphatic carbocycles. The highest BCUT2D eigenvalue weighted by Crippen LogP contribution is 2.27. The van der Waals surface area contributed by atoms with Crippen molar-refractivity contribution < 1.29 is 4.74 Å². The van der Waals surface area contributed by atoms with Crippen LogP contribution in [0.1, 0.15) is 34.1 Å². The number of hydrogen-bond acceptors (Lipinski definition) is 1. The first-order chi connectivity index (χ1) is 6.11. The van der Waals surface area contributed by atoms with Gasteiger partial charge in [-0.3, -0.25) is 0 Å². The summed E-state index contributed by atoms with van der Waals surface area (Å²) in [5.74, 6) is 1.32. The molecule has 1 aliphatic heterocycles. The largest absolute Gasteiger partial charge is 0.497 e. The minimum atomic E-state index is 0.619. The highest BCUT2D eigenvalue weighted by Gasteiger charge is 2.13. The first-order valence-corrected chi connectivity index (χ1v) is 5.12. The maximum Gasteiger partial charge on any atom is 0.106 e. The molecule has 0 bridgehead atoms. The van der Waals surface area contributed by atoms with Crippen molar-refractivity contribution in [3.05, 3.63) is 23.5 Å². The van der Waals surface area contributed by atoms with E-state index in [1.165, 1.54) is 11.1 Å². The normalized spacial score (nSPS) is 17.1. The molecule has 0 atom stereocenters. The second-order valence-electron chi connectivity index (χ2n) is 4.39. The van der Waals surface area contributed by atoms with Gasteiger partial charge in [-0.2, -0.15) is 0 Å². The van der Waals surface area contributed by atoms with E-state index in [2.05, 4.69) is 33.8 Å². The molecule has 0 spiro atoms. The van der Waals surface area contributed by atoms with E-state index in [1.807, 2.05) is 6.26 Å². The molecule has 0 saturated heterocycles. The zero-order valence-corrected chi connectivity index (χ0v) is 9.13. The van der Waals surface area contributed by atoms with E-state index < -0.39 is 0 Å². The van der Waals surface area contributed by atoms with Crippen LogP contribution in [0.3, 0.4) is 0 Å². The maximum atomic E-state index is 5.32. The van der Waals surface area contributed by atoms with Gasteiger partial charge in [0.1, 0.15) is 6.61 Å². The lowest BCUT2D eigenvalue weighted by Crippen LogP contribution is -2.07. The van der Waals surface area contributed by atoms with Crippen molar-refractivity contribution in [1.29, 1.82) is 0 Å². The Morgan fingerprint density at radius 2 is 2.00 bits per heavy atom. The minimum absolute atomic E-state index is 0.619. The van der Waals surface area contributed by atoms with Crippen LogP contribution in [0.4, 0.5) is 0 Å². The third kappa shape index (κ3) is 2.91. The van der Waals surface area contributed by atoms with Gasteiger partial charge in [0.2, 0.25) is 0 Å². The average molecular weight is 180 g/mol. The number of rotatable bonds is 3. The predicted octanol–water partition coefficient (Wildman–Crippen LogP) is 3.53. The molecule has 0 amide bonds. The lowest BCUT2D eigenvalue weighted by molar-refractivity contribution is 0.276. The van der Waals surface area contributed by atoms with Crippen molar-refractivity contribution in [3.8, 4) is 0 Å². The van der Waals surface area contributed by atoms with E-state index in [-0.39, 0.29) is 0 Å². The quantitative estimate of drug-likeness (QED) is 0.645. The zero-order valence-electron chi connectivity index (χ0n) is 9.13. The lowest BCUT2D eigenvalue weighted by atomic mass is 9.89. The highest BCUT2D eigenvalue weighted by atomic mass is 16.5. The van der Waals surface area contributed by atoms with E-state index >= 15 is 0 Å². The van der Waals surface area contributed by atoms with Gasteiger partial charge in [-0.1, -0.05) is 27.7 Å². The third-order valence-corrected chi connectivity index (χ3v) is 2.25. The topological polar surface area (TPSA) is 9.23 Å². The summed E-state index contributed by atoms with van der Waals surface area (Å²) in [6.07, 6.45) is 5.28. The highest BCUT2D eigenvalue weighted by molar-refractivity contribution is 5.33. The van der Waals surface area contributed by atoms with Crippen molar-refractivity contribution in [3.63, 3.8) is 0 Å². The SMILES string of the molecule is CC(C)CC1=COCC=C1C(C)C. The van der Waals surface area contributed by atoms with Crippen LogP contribution in [-0.4, -0.2) is 6.61 Å². The summed E-state index contributed by atoms with van der Waals surface area (Å²) >= 11 is 0. The van der Waals surface area contributed by atoms with Gasteiger partial charge in [0.25, 0.3) is 0 Å². The number of allylic oxidation sites excluding steroid dienone is 2. The van der Waals surface area contributed by atoms with E-state index in [9.17, 15) is 0 Å². The fraction of sp³-hybridized carbons (Fsp3) is 0.667. The fourth-order valence-electron chi connectivity index (χ4n) is 1.70. The summed E-state index contributed by atoms with van der Waals surface area (Å²) in [6, 6.07) is 0. The predicted molar refractivity (Wildman–Crippen MR) is 56.4 cm³/mol. The Kier molecular flexibility index (Phi) is 3.58. The third-order valence-electron chi connectivity index (χ3n) is 2.25. The lowest BCUT2D eigenvalue weighted by Gasteiger charge is -2.20. The molecule has 0 saturated carbocycles. The molecule has 0 aromatic heterocycles. The van der Waals surface area contributed by atoms with Gasteiger partial charge in [0.15, 0.2) is 0 Å².